The number of rotatable bonds is 6. The number of nitrogens with zero attached hydrogens (tertiary/aromatic N) is 2. The lowest BCUT2D eigenvalue weighted by Crippen LogP contribution is -2.46. The molecule has 0 spiro atoms. The molecule has 4 N–H and O–H groups in total. The van der Waals surface area contributed by atoms with Crippen molar-refractivity contribution in [3.63, 3.8) is 0 Å². The van der Waals surface area contributed by atoms with Crippen LogP contribution in [0.1, 0.15) is 43.7 Å². The van der Waals surface area contributed by atoms with Crippen LogP contribution < -0.4 is 11.1 Å². The summed E-state index contributed by atoms with van der Waals surface area (Å²) in [5, 5.41) is 13.0. The minimum atomic E-state index is -0.0554. The molecular weight excluding hydrogens is 326 g/mol. The summed E-state index contributed by atoms with van der Waals surface area (Å²) in [7, 11) is 1.65. The second-order valence-electron chi connectivity index (χ2n) is 7.21. The first-order chi connectivity index (χ1) is 12.5. The monoisotopic (exact) mass is 353 g/mol. The van der Waals surface area contributed by atoms with E-state index in [1.54, 1.807) is 7.05 Å². The largest absolute Gasteiger partial charge is 0.361 e. The summed E-state index contributed by atoms with van der Waals surface area (Å²) in [5.74, 6) is 0.848. The first kappa shape index (κ1) is 18.3. The predicted octanol–water partition coefficient (Wildman–Crippen LogP) is 2.91. The molecule has 2 amide bonds. The lowest BCUT2D eigenvalue weighted by Gasteiger charge is -2.29. The van der Waals surface area contributed by atoms with Crippen LogP contribution in [-0.2, 0) is 0 Å². The number of carbonyl (C=O) groups is 1. The van der Waals surface area contributed by atoms with Gasteiger partial charge >= 0.3 is 6.03 Å². The molecule has 4 atom stereocenters. The van der Waals surface area contributed by atoms with E-state index >= 15 is 0 Å². The molecule has 6 heteroatoms. The Morgan fingerprint density at radius 3 is 2.96 bits per heavy atom. The number of fused-ring (bicyclic) bond motifs is 1. The third-order valence-corrected chi connectivity index (χ3v) is 5.59. The molecule has 3 rings (SSSR count). The van der Waals surface area contributed by atoms with Gasteiger partial charge in [0.25, 0.3) is 0 Å². The van der Waals surface area contributed by atoms with Crippen molar-refractivity contribution in [3.05, 3.63) is 35.5 Å². The van der Waals surface area contributed by atoms with Gasteiger partial charge in [-0.25, -0.2) is 4.79 Å². The molecule has 0 saturated heterocycles. The van der Waals surface area contributed by atoms with E-state index in [0.717, 1.165) is 23.7 Å². The zero-order valence-electron chi connectivity index (χ0n) is 15.6. The summed E-state index contributed by atoms with van der Waals surface area (Å²) in [4.78, 5) is 17.1. The van der Waals surface area contributed by atoms with Gasteiger partial charge in [0, 0.05) is 42.8 Å². The summed E-state index contributed by atoms with van der Waals surface area (Å²) >= 11 is 0. The highest BCUT2D eigenvalue weighted by Gasteiger charge is 2.44. The Morgan fingerprint density at radius 2 is 2.31 bits per heavy atom. The standard InChI is InChI=1S/C20H27N5O/c1-4-25(20(26)23-3)12(2)7-18(22)15-9-14(15)17-11-24-19-6-5-13(10-21)8-16(17)19/h5-6,8,11-12,14-15,18,24H,4,7,9,22H2,1-3H3,(H,23,26)/t12?,14-,15-,18?/m1/s1. The summed E-state index contributed by atoms with van der Waals surface area (Å²) in [6.07, 6.45) is 3.90. The van der Waals surface area contributed by atoms with Gasteiger partial charge in [-0.1, -0.05) is 0 Å². The van der Waals surface area contributed by atoms with E-state index in [2.05, 4.69) is 29.5 Å². The van der Waals surface area contributed by atoms with Crippen LogP contribution >= 0.6 is 0 Å². The molecule has 1 aromatic heterocycles. The van der Waals surface area contributed by atoms with Crippen molar-refractivity contribution in [2.75, 3.05) is 13.6 Å². The number of H-pyrrole nitrogens is 1. The highest BCUT2D eigenvalue weighted by atomic mass is 16.2. The van der Waals surface area contributed by atoms with Gasteiger partial charge in [0.05, 0.1) is 11.6 Å². The highest BCUT2D eigenvalue weighted by Crippen LogP contribution is 2.51. The molecule has 2 unspecified atom stereocenters. The van der Waals surface area contributed by atoms with Gasteiger partial charge in [-0.2, -0.15) is 5.26 Å². The molecule has 2 aromatic rings. The van der Waals surface area contributed by atoms with Gasteiger partial charge in [-0.15, -0.1) is 0 Å². The molecule has 1 aliphatic carbocycles. The molecule has 1 aliphatic rings. The summed E-state index contributed by atoms with van der Waals surface area (Å²) in [6.45, 7) is 4.71. The fraction of sp³-hybridized carbons (Fsp3) is 0.500. The number of carbonyl (C=O) groups excluding carboxylic acids is 1. The van der Waals surface area contributed by atoms with Crippen LogP contribution in [0.2, 0.25) is 0 Å². The summed E-state index contributed by atoms with van der Waals surface area (Å²) in [6, 6.07) is 8.05. The molecule has 6 nitrogen and oxygen atoms in total. The van der Waals surface area contributed by atoms with E-state index in [4.69, 9.17) is 11.0 Å². The van der Waals surface area contributed by atoms with Gasteiger partial charge in [0.15, 0.2) is 0 Å². The van der Waals surface area contributed by atoms with E-state index in [1.807, 2.05) is 30.0 Å². The number of nitrogens with two attached hydrogens (primary N) is 1. The number of hydrogen-bond acceptors (Lipinski definition) is 3. The predicted molar refractivity (Wildman–Crippen MR) is 103 cm³/mol. The molecule has 26 heavy (non-hydrogen) atoms. The maximum absolute atomic E-state index is 12.0. The van der Waals surface area contributed by atoms with Crippen molar-refractivity contribution in [1.82, 2.24) is 15.2 Å². The Labute approximate surface area is 154 Å². The lowest BCUT2D eigenvalue weighted by molar-refractivity contribution is 0.177. The fourth-order valence-electron chi connectivity index (χ4n) is 4.06. The molecule has 1 heterocycles. The lowest BCUT2D eigenvalue weighted by atomic mass is 9.99. The maximum atomic E-state index is 12.0. The smallest absolute Gasteiger partial charge is 0.317 e. The van der Waals surface area contributed by atoms with Crippen LogP contribution in [0.15, 0.2) is 24.4 Å². The van der Waals surface area contributed by atoms with Crippen LogP contribution in [0.3, 0.4) is 0 Å². The van der Waals surface area contributed by atoms with Crippen LogP contribution in [0.4, 0.5) is 4.79 Å². The van der Waals surface area contributed by atoms with Crippen molar-refractivity contribution >= 4 is 16.9 Å². The molecule has 1 saturated carbocycles. The van der Waals surface area contributed by atoms with Crippen molar-refractivity contribution in [3.8, 4) is 6.07 Å². The van der Waals surface area contributed by atoms with Crippen LogP contribution in [-0.4, -0.2) is 41.6 Å². The molecule has 0 bridgehead atoms. The zero-order valence-corrected chi connectivity index (χ0v) is 15.6. The van der Waals surface area contributed by atoms with E-state index in [-0.39, 0.29) is 18.1 Å². The minimum absolute atomic E-state index is 0.0535. The fourth-order valence-corrected chi connectivity index (χ4v) is 4.06. The van der Waals surface area contributed by atoms with E-state index in [0.29, 0.717) is 23.9 Å². The Hall–Kier alpha value is -2.52. The quantitative estimate of drug-likeness (QED) is 0.745. The van der Waals surface area contributed by atoms with Crippen LogP contribution in [0.25, 0.3) is 10.9 Å². The maximum Gasteiger partial charge on any atom is 0.317 e. The average molecular weight is 353 g/mol. The summed E-state index contributed by atoms with van der Waals surface area (Å²) < 4.78 is 0. The molecule has 138 valence electrons. The van der Waals surface area contributed by atoms with Gasteiger partial charge in [-0.05, 0) is 62.3 Å². The number of nitriles is 1. The molecule has 1 aromatic carbocycles. The SMILES string of the molecule is CCN(C(=O)NC)C(C)CC(N)[C@@H]1C[C@H]1c1c[nH]c2ccc(C#N)cc12. The Balaban J connectivity index is 1.68. The molecule has 0 radical (unpaired) electrons. The Bertz CT molecular complexity index is 836. The van der Waals surface area contributed by atoms with Crippen LogP contribution in [0, 0.1) is 17.2 Å². The van der Waals surface area contributed by atoms with Crippen molar-refractivity contribution in [2.45, 2.75) is 44.7 Å². The normalized spacial score (nSPS) is 21.0. The second kappa shape index (κ2) is 7.38. The molecule has 1 fully saturated rings. The van der Waals surface area contributed by atoms with E-state index < -0.39 is 0 Å². The van der Waals surface area contributed by atoms with Crippen molar-refractivity contribution in [1.29, 1.82) is 5.26 Å². The van der Waals surface area contributed by atoms with Gasteiger partial charge < -0.3 is 20.9 Å². The van der Waals surface area contributed by atoms with E-state index in [9.17, 15) is 4.79 Å². The first-order valence-electron chi connectivity index (χ1n) is 9.25. The van der Waals surface area contributed by atoms with Crippen molar-refractivity contribution in [2.24, 2.45) is 11.7 Å². The minimum Gasteiger partial charge on any atom is -0.361 e. The second-order valence-corrected chi connectivity index (χ2v) is 7.21. The number of aromatic amines is 1. The summed E-state index contributed by atoms with van der Waals surface area (Å²) in [5.41, 5.74) is 9.48. The Morgan fingerprint density at radius 1 is 1.54 bits per heavy atom. The first-order valence-corrected chi connectivity index (χ1v) is 9.25. The average Bonchev–Trinajstić information content (AvgIpc) is 3.33. The molecule has 0 aliphatic heterocycles. The third kappa shape index (κ3) is 3.40. The number of hydrogen-bond donors (Lipinski definition) is 3. The number of urea groups is 1. The number of benzene rings is 1. The highest BCUT2D eigenvalue weighted by molar-refractivity contribution is 5.85. The third-order valence-electron chi connectivity index (χ3n) is 5.59. The number of amides is 2. The zero-order chi connectivity index (χ0) is 18.8. The number of nitrogens with one attached hydrogen (secondary N) is 2. The Kier molecular flexibility index (Phi) is 5.19. The van der Waals surface area contributed by atoms with E-state index in [1.165, 1.54) is 5.56 Å². The van der Waals surface area contributed by atoms with Crippen LogP contribution in [0.5, 0.6) is 0 Å². The van der Waals surface area contributed by atoms with Gasteiger partial charge in [0.2, 0.25) is 0 Å². The van der Waals surface area contributed by atoms with Crippen molar-refractivity contribution < 1.29 is 4.79 Å². The number of aromatic nitrogens is 1. The van der Waals surface area contributed by atoms with Gasteiger partial charge in [-0.3, -0.25) is 0 Å². The topological polar surface area (TPSA) is 97.9 Å². The van der Waals surface area contributed by atoms with Gasteiger partial charge in [0.1, 0.15) is 0 Å². The molecular formula is C20H27N5O.